The molecule has 1 aliphatic heterocycles. The predicted octanol–water partition coefficient (Wildman–Crippen LogP) is 0.361. The van der Waals surface area contributed by atoms with Crippen molar-refractivity contribution in [2.75, 3.05) is 43.6 Å². The first-order chi connectivity index (χ1) is 7.70. The lowest BCUT2D eigenvalue weighted by atomic mass is 10.1. The van der Waals surface area contributed by atoms with Crippen molar-refractivity contribution in [2.45, 2.75) is 6.42 Å². The highest BCUT2D eigenvalue weighted by molar-refractivity contribution is 5.49. The number of nitrogens with zero attached hydrogens (tertiary/aromatic N) is 4. The van der Waals surface area contributed by atoms with Crippen LogP contribution in [-0.4, -0.2) is 48.9 Å². The fourth-order valence-electron chi connectivity index (χ4n) is 1.94. The molecule has 1 unspecified atom stereocenters. The highest BCUT2D eigenvalue weighted by Crippen LogP contribution is 2.23. The fraction of sp³-hybridized carbons (Fsp3) is 0.636. The molecule has 5 heteroatoms. The molecule has 2 rings (SSSR count). The van der Waals surface area contributed by atoms with Crippen LogP contribution in [0.5, 0.6) is 0 Å². The van der Waals surface area contributed by atoms with E-state index in [1.165, 1.54) is 0 Å². The Hall–Kier alpha value is -1.36. The summed E-state index contributed by atoms with van der Waals surface area (Å²) in [6.45, 7) is 2.12. The van der Waals surface area contributed by atoms with E-state index in [1.54, 1.807) is 6.33 Å². The van der Waals surface area contributed by atoms with E-state index in [0.717, 1.165) is 31.1 Å². The number of aliphatic hydroxyl groups excluding tert-OH is 1. The standard InChI is InChI=1S/C11H18N4O/c1-14(2)10-5-11(13-8-12-10)15-4-3-9(6-15)7-16/h5,8-9,16H,3-4,6-7H2,1-2H3. The molecule has 0 aliphatic carbocycles. The molecular formula is C11H18N4O. The van der Waals surface area contributed by atoms with Gasteiger partial charge in [0.15, 0.2) is 0 Å². The van der Waals surface area contributed by atoms with Gasteiger partial charge in [-0.05, 0) is 6.42 Å². The SMILES string of the molecule is CN(C)c1cc(N2CCC(CO)C2)ncn1. The number of rotatable bonds is 3. The van der Waals surface area contributed by atoms with Gasteiger partial charge in [0, 0.05) is 45.8 Å². The molecule has 1 fully saturated rings. The Morgan fingerprint density at radius 3 is 2.94 bits per heavy atom. The van der Waals surface area contributed by atoms with Gasteiger partial charge in [-0.1, -0.05) is 0 Å². The summed E-state index contributed by atoms with van der Waals surface area (Å²) < 4.78 is 0. The zero-order chi connectivity index (χ0) is 11.5. The van der Waals surface area contributed by atoms with E-state index in [2.05, 4.69) is 14.9 Å². The Labute approximate surface area is 95.7 Å². The molecule has 0 bridgehead atoms. The monoisotopic (exact) mass is 222 g/mol. The molecule has 0 saturated carbocycles. The van der Waals surface area contributed by atoms with Crippen LogP contribution in [0, 0.1) is 5.92 Å². The number of aliphatic hydroxyl groups is 1. The molecule has 5 nitrogen and oxygen atoms in total. The van der Waals surface area contributed by atoms with Crippen molar-refractivity contribution in [2.24, 2.45) is 5.92 Å². The smallest absolute Gasteiger partial charge is 0.134 e. The Balaban J connectivity index is 2.12. The maximum atomic E-state index is 9.11. The van der Waals surface area contributed by atoms with Crippen LogP contribution in [0.1, 0.15) is 6.42 Å². The molecule has 1 N–H and O–H groups in total. The van der Waals surface area contributed by atoms with Crippen LogP contribution in [0.25, 0.3) is 0 Å². The summed E-state index contributed by atoms with van der Waals surface area (Å²) in [5.41, 5.74) is 0. The van der Waals surface area contributed by atoms with Crippen molar-refractivity contribution in [3.05, 3.63) is 12.4 Å². The molecule has 1 aliphatic rings. The fourth-order valence-corrected chi connectivity index (χ4v) is 1.94. The lowest BCUT2D eigenvalue weighted by molar-refractivity contribution is 0.238. The van der Waals surface area contributed by atoms with E-state index >= 15 is 0 Å². The lowest BCUT2D eigenvalue weighted by Crippen LogP contribution is -2.22. The summed E-state index contributed by atoms with van der Waals surface area (Å²) in [7, 11) is 3.93. The summed E-state index contributed by atoms with van der Waals surface area (Å²) >= 11 is 0. The van der Waals surface area contributed by atoms with Gasteiger partial charge in [0.2, 0.25) is 0 Å². The van der Waals surface area contributed by atoms with Gasteiger partial charge >= 0.3 is 0 Å². The summed E-state index contributed by atoms with van der Waals surface area (Å²) in [6.07, 6.45) is 2.63. The Morgan fingerprint density at radius 1 is 1.50 bits per heavy atom. The second-order valence-electron chi connectivity index (χ2n) is 4.41. The minimum absolute atomic E-state index is 0.266. The molecule has 1 atom stereocenters. The third kappa shape index (κ3) is 2.24. The zero-order valence-electron chi connectivity index (χ0n) is 9.80. The van der Waals surface area contributed by atoms with Crippen LogP contribution in [-0.2, 0) is 0 Å². The molecule has 1 aromatic heterocycles. The first-order valence-electron chi connectivity index (χ1n) is 5.56. The minimum atomic E-state index is 0.266. The Morgan fingerprint density at radius 2 is 2.31 bits per heavy atom. The Kier molecular flexibility index (Phi) is 3.24. The molecule has 2 heterocycles. The molecule has 1 aromatic rings. The van der Waals surface area contributed by atoms with E-state index in [1.807, 2.05) is 25.1 Å². The summed E-state index contributed by atoms with van der Waals surface area (Å²) in [6, 6.07) is 1.99. The van der Waals surface area contributed by atoms with Gasteiger partial charge in [-0.25, -0.2) is 9.97 Å². The van der Waals surface area contributed by atoms with Crippen LogP contribution < -0.4 is 9.80 Å². The van der Waals surface area contributed by atoms with Gasteiger partial charge in [0.1, 0.15) is 18.0 Å². The molecule has 0 aromatic carbocycles. The number of hydrogen-bond acceptors (Lipinski definition) is 5. The molecule has 1 saturated heterocycles. The van der Waals surface area contributed by atoms with E-state index < -0.39 is 0 Å². The van der Waals surface area contributed by atoms with Crippen molar-refractivity contribution < 1.29 is 5.11 Å². The maximum absolute atomic E-state index is 9.11. The highest BCUT2D eigenvalue weighted by atomic mass is 16.3. The van der Waals surface area contributed by atoms with Crippen LogP contribution in [0.2, 0.25) is 0 Å². The van der Waals surface area contributed by atoms with Crippen molar-refractivity contribution in [3.8, 4) is 0 Å². The minimum Gasteiger partial charge on any atom is -0.396 e. The third-order valence-electron chi connectivity index (χ3n) is 2.96. The van der Waals surface area contributed by atoms with Crippen LogP contribution in [0.15, 0.2) is 12.4 Å². The first-order valence-corrected chi connectivity index (χ1v) is 5.56. The second-order valence-corrected chi connectivity index (χ2v) is 4.41. The maximum Gasteiger partial charge on any atom is 0.134 e. The van der Waals surface area contributed by atoms with Crippen LogP contribution >= 0.6 is 0 Å². The molecule has 0 spiro atoms. The van der Waals surface area contributed by atoms with Gasteiger partial charge in [0.05, 0.1) is 0 Å². The molecule has 0 amide bonds. The van der Waals surface area contributed by atoms with Gasteiger partial charge in [0.25, 0.3) is 0 Å². The van der Waals surface area contributed by atoms with E-state index in [-0.39, 0.29) is 6.61 Å². The van der Waals surface area contributed by atoms with Crippen molar-refractivity contribution in [1.29, 1.82) is 0 Å². The first kappa shape index (κ1) is 11.1. The number of aromatic nitrogens is 2. The largest absolute Gasteiger partial charge is 0.396 e. The zero-order valence-corrected chi connectivity index (χ0v) is 9.80. The van der Waals surface area contributed by atoms with Crippen molar-refractivity contribution in [1.82, 2.24) is 9.97 Å². The summed E-state index contributed by atoms with van der Waals surface area (Å²) in [5, 5.41) is 9.11. The Bertz CT molecular complexity index is 356. The summed E-state index contributed by atoms with van der Waals surface area (Å²) in [5.74, 6) is 2.25. The number of hydrogen-bond donors (Lipinski definition) is 1. The average molecular weight is 222 g/mol. The quantitative estimate of drug-likeness (QED) is 0.800. The van der Waals surface area contributed by atoms with Gasteiger partial charge in [-0.2, -0.15) is 0 Å². The van der Waals surface area contributed by atoms with E-state index in [0.29, 0.717) is 5.92 Å². The van der Waals surface area contributed by atoms with E-state index in [4.69, 9.17) is 5.11 Å². The number of anilines is 2. The summed E-state index contributed by atoms with van der Waals surface area (Å²) in [4.78, 5) is 12.6. The van der Waals surface area contributed by atoms with E-state index in [9.17, 15) is 0 Å². The third-order valence-corrected chi connectivity index (χ3v) is 2.96. The normalized spacial score (nSPS) is 20.2. The highest BCUT2D eigenvalue weighted by Gasteiger charge is 2.22. The molecule has 0 radical (unpaired) electrons. The van der Waals surface area contributed by atoms with Gasteiger partial charge in [-0.3, -0.25) is 0 Å². The van der Waals surface area contributed by atoms with Crippen LogP contribution in [0.3, 0.4) is 0 Å². The lowest BCUT2D eigenvalue weighted by Gasteiger charge is -2.19. The van der Waals surface area contributed by atoms with Crippen molar-refractivity contribution >= 4 is 11.6 Å². The van der Waals surface area contributed by atoms with Gasteiger partial charge < -0.3 is 14.9 Å². The predicted molar refractivity (Wildman–Crippen MR) is 63.8 cm³/mol. The second kappa shape index (κ2) is 4.65. The molecule has 16 heavy (non-hydrogen) atoms. The molecule has 88 valence electrons. The van der Waals surface area contributed by atoms with Gasteiger partial charge in [-0.15, -0.1) is 0 Å². The van der Waals surface area contributed by atoms with Crippen LogP contribution in [0.4, 0.5) is 11.6 Å². The molecular weight excluding hydrogens is 204 g/mol. The topological polar surface area (TPSA) is 52.5 Å². The van der Waals surface area contributed by atoms with Crippen molar-refractivity contribution in [3.63, 3.8) is 0 Å². The average Bonchev–Trinajstić information content (AvgIpc) is 2.77.